The number of carbonyl (C=O) groups excluding carboxylic acids is 1. The van der Waals surface area contributed by atoms with E-state index in [9.17, 15) is 13.2 Å². The van der Waals surface area contributed by atoms with E-state index in [1.165, 1.54) is 17.6 Å². The topological polar surface area (TPSA) is 92.7 Å². The van der Waals surface area contributed by atoms with Crippen molar-refractivity contribution in [2.45, 2.75) is 23.0 Å². The highest BCUT2D eigenvalue weighted by molar-refractivity contribution is 7.92. The van der Waals surface area contributed by atoms with Crippen molar-refractivity contribution in [1.29, 1.82) is 0 Å². The fourth-order valence-corrected chi connectivity index (χ4v) is 5.06. The molecule has 3 rings (SSSR count). The summed E-state index contributed by atoms with van der Waals surface area (Å²) >= 11 is 0. The van der Waals surface area contributed by atoms with Gasteiger partial charge in [0.2, 0.25) is 5.91 Å². The Bertz CT molecular complexity index is 1170. The number of carbonyl (C=O) groups is 1. The smallest absolute Gasteiger partial charge is 0.244 e. The third-order valence-corrected chi connectivity index (χ3v) is 7.23. The van der Waals surface area contributed by atoms with Crippen LogP contribution in [0, 0.1) is 0 Å². The van der Waals surface area contributed by atoms with E-state index in [0.29, 0.717) is 0 Å². The Morgan fingerprint density at radius 1 is 0.969 bits per heavy atom. The minimum Gasteiger partial charge on any atom is -0.496 e. The Hall–Kier alpha value is -3.42. The van der Waals surface area contributed by atoms with Crippen LogP contribution in [0.2, 0.25) is 0 Å². The molecule has 1 amide bonds. The molecule has 0 bridgehead atoms. The highest BCUT2D eigenvalue weighted by atomic mass is 32.2. The number of rotatable bonds is 9. The van der Waals surface area contributed by atoms with E-state index in [4.69, 9.17) is 9.94 Å². The van der Waals surface area contributed by atoms with Crippen LogP contribution in [0.1, 0.15) is 23.1 Å². The summed E-state index contributed by atoms with van der Waals surface area (Å²) in [5, 5.41) is 7.89. The van der Waals surface area contributed by atoms with Gasteiger partial charge in [0, 0.05) is 12.0 Å². The average molecular weight is 452 g/mol. The predicted octanol–water partition coefficient (Wildman–Crippen LogP) is 4.15. The van der Waals surface area contributed by atoms with Crippen LogP contribution in [0.3, 0.4) is 0 Å². The molecule has 7 heteroatoms. The molecule has 0 aromatic heterocycles. The first-order chi connectivity index (χ1) is 15.4. The van der Waals surface area contributed by atoms with Crippen LogP contribution in [0.5, 0.6) is 5.75 Å². The van der Waals surface area contributed by atoms with E-state index >= 15 is 0 Å². The van der Waals surface area contributed by atoms with Gasteiger partial charge in [0.15, 0.2) is 9.84 Å². The Morgan fingerprint density at radius 2 is 1.62 bits per heavy atom. The molecule has 2 N–H and O–H groups in total. The van der Waals surface area contributed by atoms with Crippen LogP contribution in [-0.4, -0.2) is 31.9 Å². The first-order valence-corrected chi connectivity index (χ1v) is 11.6. The zero-order chi connectivity index (χ0) is 23.0. The molecular weight excluding hydrogens is 426 g/mol. The molecule has 0 spiro atoms. The highest BCUT2D eigenvalue weighted by Gasteiger charge is 2.30. The van der Waals surface area contributed by atoms with E-state index < -0.39 is 21.0 Å². The minimum absolute atomic E-state index is 0.124. The summed E-state index contributed by atoms with van der Waals surface area (Å²) in [7, 11) is -2.21. The first-order valence-electron chi connectivity index (χ1n) is 10.1. The lowest BCUT2D eigenvalue weighted by molar-refractivity contribution is -0.129. The third kappa shape index (κ3) is 5.84. The van der Waals surface area contributed by atoms with Crippen LogP contribution in [0.4, 0.5) is 0 Å². The van der Waals surface area contributed by atoms with Gasteiger partial charge in [-0.1, -0.05) is 72.8 Å². The summed E-state index contributed by atoms with van der Waals surface area (Å²) in [6.45, 7) is 0. The summed E-state index contributed by atoms with van der Waals surface area (Å²) in [5.74, 6) is -0.000250. The van der Waals surface area contributed by atoms with E-state index in [0.717, 1.165) is 22.4 Å². The fourth-order valence-electron chi connectivity index (χ4n) is 3.37. The van der Waals surface area contributed by atoms with Crippen molar-refractivity contribution in [2.24, 2.45) is 0 Å². The summed E-state index contributed by atoms with van der Waals surface area (Å²) in [6.07, 6.45) is 3.58. The number of benzene rings is 3. The van der Waals surface area contributed by atoms with Gasteiger partial charge in [0.25, 0.3) is 0 Å². The monoisotopic (exact) mass is 451 g/mol. The van der Waals surface area contributed by atoms with Crippen LogP contribution in [0.15, 0.2) is 83.8 Å². The Kier molecular flexibility index (Phi) is 7.81. The number of methoxy groups -OCH3 is 1. The Morgan fingerprint density at radius 3 is 2.28 bits per heavy atom. The number of hydrogen-bond donors (Lipinski definition) is 2. The highest BCUT2D eigenvalue weighted by Crippen LogP contribution is 2.24. The van der Waals surface area contributed by atoms with Crippen molar-refractivity contribution in [3.63, 3.8) is 0 Å². The van der Waals surface area contributed by atoms with Gasteiger partial charge in [0.1, 0.15) is 5.75 Å². The molecule has 32 heavy (non-hydrogen) atoms. The first kappa shape index (κ1) is 23.2. The normalized spacial score (nSPS) is 12.4. The largest absolute Gasteiger partial charge is 0.496 e. The number of hydroxylamine groups is 1. The van der Waals surface area contributed by atoms with E-state index in [2.05, 4.69) is 0 Å². The third-order valence-electron chi connectivity index (χ3n) is 5.09. The van der Waals surface area contributed by atoms with Gasteiger partial charge in [0.05, 0.1) is 17.3 Å². The van der Waals surface area contributed by atoms with Crippen LogP contribution >= 0.6 is 0 Å². The number of nitrogens with one attached hydrogen (secondary N) is 1. The summed E-state index contributed by atoms with van der Waals surface area (Å²) < 4.78 is 31.9. The Balaban J connectivity index is 1.83. The quantitative estimate of drug-likeness (QED) is 0.290. The number of ether oxygens (including phenoxy) is 1. The van der Waals surface area contributed by atoms with Gasteiger partial charge in [-0.25, -0.2) is 13.9 Å². The van der Waals surface area contributed by atoms with Crippen LogP contribution < -0.4 is 10.2 Å². The van der Waals surface area contributed by atoms with E-state index in [1.54, 1.807) is 19.2 Å². The molecule has 3 aromatic carbocycles. The number of para-hydroxylation sites is 1. The van der Waals surface area contributed by atoms with Crippen molar-refractivity contribution < 1.29 is 23.2 Å². The van der Waals surface area contributed by atoms with Gasteiger partial charge in [-0.15, -0.1) is 0 Å². The molecule has 0 heterocycles. The molecule has 6 nitrogen and oxygen atoms in total. The molecular formula is C25H25NO5S. The SMILES string of the molecule is COc1ccccc1/C=C/c1ccc(S(=O)(=O)C(CC(=O)NO)Cc2ccccc2)cc1. The van der Waals surface area contributed by atoms with Gasteiger partial charge in [-0.05, 0) is 35.7 Å². The van der Waals surface area contributed by atoms with Gasteiger partial charge in [-0.3, -0.25) is 10.0 Å². The molecule has 0 aliphatic heterocycles. The summed E-state index contributed by atoms with van der Waals surface area (Å²) in [6, 6.07) is 23.2. The molecule has 0 saturated carbocycles. The molecule has 1 atom stereocenters. The second-order valence-electron chi connectivity index (χ2n) is 7.24. The lowest BCUT2D eigenvalue weighted by atomic mass is 10.1. The molecule has 166 valence electrons. The maximum absolute atomic E-state index is 13.3. The van der Waals surface area contributed by atoms with Gasteiger partial charge >= 0.3 is 0 Å². The lowest BCUT2D eigenvalue weighted by Gasteiger charge is -2.17. The van der Waals surface area contributed by atoms with Crippen molar-refractivity contribution in [1.82, 2.24) is 5.48 Å². The van der Waals surface area contributed by atoms with Crippen molar-refractivity contribution in [2.75, 3.05) is 7.11 Å². The molecule has 0 aliphatic carbocycles. The van der Waals surface area contributed by atoms with Crippen molar-refractivity contribution in [3.05, 3.63) is 95.6 Å². The van der Waals surface area contributed by atoms with Crippen LogP contribution in [-0.2, 0) is 21.1 Å². The second-order valence-corrected chi connectivity index (χ2v) is 9.47. The molecule has 0 aliphatic rings. The maximum atomic E-state index is 13.3. The van der Waals surface area contributed by atoms with Crippen molar-refractivity contribution in [3.8, 4) is 5.75 Å². The predicted molar refractivity (Wildman–Crippen MR) is 124 cm³/mol. The molecule has 3 aromatic rings. The average Bonchev–Trinajstić information content (AvgIpc) is 2.83. The van der Waals surface area contributed by atoms with Crippen molar-refractivity contribution >= 4 is 27.9 Å². The fraction of sp³-hybridized carbons (Fsp3) is 0.160. The van der Waals surface area contributed by atoms with E-state index in [1.807, 2.05) is 66.7 Å². The number of sulfone groups is 1. The maximum Gasteiger partial charge on any atom is 0.244 e. The number of amides is 1. The zero-order valence-electron chi connectivity index (χ0n) is 17.6. The standard InChI is InChI=1S/C25H25NO5S/c1-31-24-10-6-5-9-21(24)14-11-19-12-15-22(16-13-19)32(29,30)23(18-25(27)26-28)17-20-7-3-2-4-8-20/h2-16,23,28H,17-18H2,1H3,(H,26,27)/b14-11+. The van der Waals surface area contributed by atoms with E-state index in [-0.39, 0.29) is 17.7 Å². The Labute approximate surface area is 188 Å². The summed E-state index contributed by atoms with van der Waals surface area (Å²) in [4.78, 5) is 11.9. The summed E-state index contributed by atoms with van der Waals surface area (Å²) in [5.41, 5.74) is 4.06. The second kappa shape index (κ2) is 10.7. The van der Waals surface area contributed by atoms with Crippen LogP contribution in [0.25, 0.3) is 12.2 Å². The van der Waals surface area contributed by atoms with Gasteiger partial charge < -0.3 is 4.74 Å². The number of hydrogen-bond acceptors (Lipinski definition) is 5. The lowest BCUT2D eigenvalue weighted by Crippen LogP contribution is -2.31. The minimum atomic E-state index is -3.81. The van der Waals surface area contributed by atoms with Gasteiger partial charge in [-0.2, -0.15) is 0 Å². The zero-order valence-corrected chi connectivity index (χ0v) is 18.5. The molecule has 1 unspecified atom stereocenters. The molecule has 0 radical (unpaired) electrons. The molecule has 0 saturated heterocycles. The molecule has 0 fully saturated rings.